The number of nitrogens with zero attached hydrogens (tertiary/aromatic N) is 1. The van der Waals surface area contributed by atoms with Crippen molar-refractivity contribution in [1.82, 2.24) is 5.01 Å². The largest absolute Gasteiger partial charge is 0.401 e. The summed E-state index contributed by atoms with van der Waals surface area (Å²) in [6.07, 6.45) is 6.63. The van der Waals surface area contributed by atoms with Gasteiger partial charge in [0.25, 0.3) is 0 Å². The van der Waals surface area contributed by atoms with E-state index in [1.165, 1.54) is 12.8 Å². The van der Waals surface area contributed by atoms with Crippen LogP contribution in [-0.4, -0.2) is 12.1 Å². The molecule has 4 N–H and O–H groups in total. The van der Waals surface area contributed by atoms with Crippen molar-refractivity contribution in [1.29, 1.82) is 0 Å². The highest BCUT2D eigenvalue weighted by Gasteiger charge is 2.05. The first-order chi connectivity index (χ1) is 6.63. The van der Waals surface area contributed by atoms with E-state index in [0.717, 1.165) is 37.1 Å². The Hall–Kier alpha value is -0.700. The second-order valence-corrected chi connectivity index (χ2v) is 3.79. The SMILES string of the molecule is CCCC/C(N)=C(\CCCC)N(C)N. The molecule has 0 aromatic carbocycles. The Labute approximate surface area is 88.1 Å². The van der Waals surface area contributed by atoms with Crippen LogP contribution in [0.4, 0.5) is 0 Å². The smallest absolute Gasteiger partial charge is 0.0474 e. The molecule has 0 amide bonds. The van der Waals surface area contributed by atoms with Gasteiger partial charge in [-0.05, 0) is 25.7 Å². The van der Waals surface area contributed by atoms with Gasteiger partial charge in [-0.1, -0.05) is 26.7 Å². The molecule has 0 heterocycles. The Morgan fingerprint density at radius 3 is 2.00 bits per heavy atom. The zero-order valence-electron chi connectivity index (χ0n) is 9.84. The molecule has 0 saturated heterocycles. The molecular formula is C11H25N3. The van der Waals surface area contributed by atoms with Gasteiger partial charge in [0.1, 0.15) is 0 Å². The van der Waals surface area contributed by atoms with Gasteiger partial charge in [-0.15, -0.1) is 0 Å². The van der Waals surface area contributed by atoms with E-state index in [-0.39, 0.29) is 0 Å². The molecule has 3 nitrogen and oxygen atoms in total. The van der Waals surface area contributed by atoms with Gasteiger partial charge in [0.2, 0.25) is 0 Å². The van der Waals surface area contributed by atoms with Crippen molar-refractivity contribution in [2.24, 2.45) is 11.6 Å². The van der Waals surface area contributed by atoms with Crippen molar-refractivity contribution in [2.75, 3.05) is 7.05 Å². The number of nitrogens with two attached hydrogens (primary N) is 2. The van der Waals surface area contributed by atoms with Gasteiger partial charge < -0.3 is 10.7 Å². The molecule has 0 aliphatic heterocycles. The van der Waals surface area contributed by atoms with Crippen LogP contribution in [0.3, 0.4) is 0 Å². The standard InChI is InChI=1S/C11H25N3/c1-4-6-8-10(12)11(14(3)13)9-7-5-2/h4-9,12-13H2,1-3H3/b11-10-. The van der Waals surface area contributed by atoms with E-state index < -0.39 is 0 Å². The Bertz CT molecular complexity index is 173. The molecule has 0 aromatic rings. The van der Waals surface area contributed by atoms with Crippen LogP contribution in [0, 0.1) is 0 Å². The summed E-state index contributed by atoms with van der Waals surface area (Å²) in [5.41, 5.74) is 8.08. The maximum Gasteiger partial charge on any atom is 0.0474 e. The molecule has 0 bridgehead atoms. The maximum atomic E-state index is 6.00. The van der Waals surface area contributed by atoms with Gasteiger partial charge in [0.15, 0.2) is 0 Å². The normalized spacial score (nSPS) is 12.6. The van der Waals surface area contributed by atoms with Gasteiger partial charge in [-0.25, -0.2) is 5.84 Å². The van der Waals surface area contributed by atoms with Crippen molar-refractivity contribution in [3.8, 4) is 0 Å². The number of hydrogen-bond acceptors (Lipinski definition) is 3. The first-order valence-electron chi connectivity index (χ1n) is 5.59. The quantitative estimate of drug-likeness (QED) is 0.489. The van der Waals surface area contributed by atoms with Crippen LogP contribution in [0.15, 0.2) is 11.4 Å². The summed E-state index contributed by atoms with van der Waals surface area (Å²) >= 11 is 0. The lowest BCUT2D eigenvalue weighted by Crippen LogP contribution is -2.28. The van der Waals surface area contributed by atoms with Crippen LogP contribution in [-0.2, 0) is 0 Å². The molecule has 0 saturated carbocycles. The maximum absolute atomic E-state index is 6.00. The Morgan fingerprint density at radius 1 is 1.07 bits per heavy atom. The highest BCUT2D eigenvalue weighted by atomic mass is 15.4. The molecular weight excluding hydrogens is 174 g/mol. The van der Waals surface area contributed by atoms with E-state index in [1.54, 1.807) is 5.01 Å². The number of unbranched alkanes of at least 4 members (excludes halogenated alkanes) is 2. The van der Waals surface area contributed by atoms with Crippen LogP contribution >= 0.6 is 0 Å². The molecule has 0 radical (unpaired) electrons. The Morgan fingerprint density at radius 2 is 1.57 bits per heavy atom. The summed E-state index contributed by atoms with van der Waals surface area (Å²) in [5, 5.41) is 1.67. The molecule has 0 unspecified atom stereocenters. The van der Waals surface area contributed by atoms with Gasteiger partial charge in [-0.2, -0.15) is 0 Å². The fourth-order valence-corrected chi connectivity index (χ4v) is 1.42. The van der Waals surface area contributed by atoms with Crippen molar-refractivity contribution >= 4 is 0 Å². The van der Waals surface area contributed by atoms with E-state index in [1.807, 2.05) is 7.05 Å². The summed E-state index contributed by atoms with van der Waals surface area (Å²) in [7, 11) is 1.86. The number of hydrogen-bond donors (Lipinski definition) is 2. The van der Waals surface area contributed by atoms with Gasteiger partial charge in [0, 0.05) is 18.4 Å². The minimum atomic E-state index is 0.963. The highest BCUT2D eigenvalue weighted by Crippen LogP contribution is 2.14. The van der Waals surface area contributed by atoms with Crippen molar-refractivity contribution < 1.29 is 0 Å². The first-order valence-corrected chi connectivity index (χ1v) is 5.59. The van der Waals surface area contributed by atoms with Crippen LogP contribution in [0.1, 0.15) is 52.4 Å². The predicted octanol–water partition coefficient (Wildman–Crippen LogP) is 2.34. The molecule has 0 rings (SSSR count). The average Bonchev–Trinajstić information content (AvgIpc) is 2.14. The molecule has 0 aliphatic rings. The lowest BCUT2D eigenvalue weighted by Gasteiger charge is -2.19. The van der Waals surface area contributed by atoms with E-state index in [9.17, 15) is 0 Å². The first kappa shape index (κ1) is 13.3. The number of allylic oxidation sites excluding steroid dienone is 2. The van der Waals surface area contributed by atoms with Crippen LogP contribution in [0.2, 0.25) is 0 Å². The summed E-state index contributed by atoms with van der Waals surface area (Å²) in [5.74, 6) is 5.75. The number of rotatable bonds is 7. The van der Waals surface area contributed by atoms with E-state index in [4.69, 9.17) is 11.6 Å². The lowest BCUT2D eigenvalue weighted by atomic mass is 10.1. The molecule has 0 atom stereocenters. The van der Waals surface area contributed by atoms with E-state index in [0.29, 0.717) is 0 Å². The minimum Gasteiger partial charge on any atom is -0.401 e. The summed E-state index contributed by atoms with van der Waals surface area (Å²) in [6, 6.07) is 0. The third-order valence-electron chi connectivity index (χ3n) is 2.36. The lowest BCUT2D eigenvalue weighted by molar-refractivity contribution is 0.407. The molecule has 3 heteroatoms. The second-order valence-electron chi connectivity index (χ2n) is 3.79. The van der Waals surface area contributed by atoms with Crippen LogP contribution < -0.4 is 11.6 Å². The molecule has 14 heavy (non-hydrogen) atoms. The Kier molecular flexibility index (Phi) is 7.30. The van der Waals surface area contributed by atoms with E-state index >= 15 is 0 Å². The third kappa shape index (κ3) is 5.12. The van der Waals surface area contributed by atoms with Gasteiger partial charge in [0.05, 0.1) is 0 Å². The molecule has 0 aromatic heterocycles. The van der Waals surface area contributed by atoms with Gasteiger partial charge in [-0.3, -0.25) is 0 Å². The summed E-state index contributed by atoms with van der Waals surface area (Å²) in [6.45, 7) is 4.35. The van der Waals surface area contributed by atoms with Gasteiger partial charge >= 0.3 is 0 Å². The zero-order valence-corrected chi connectivity index (χ0v) is 9.84. The monoisotopic (exact) mass is 199 g/mol. The van der Waals surface area contributed by atoms with Crippen LogP contribution in [0.25, 0.3) is 0 Å². The Balaban J connectivity index is 4.26. The summed E-state index contributed by atoms with van der Waals surface area (Å²) < 4.78 is 0. The molecule has 0 spiro atoms. The fraction of sp³-hybridized carbons (Fsp3) is 0.818. The van der Waals surface area contributed by atoms with Crippen molar-refractivity contribution in [3.05, 3.63) is 11.4 Å². The van der Waals surface area contributed by atoms with Crippen LogP contribution in [0.5, 0.6) is 0 Å². The molecule has 0 aliphatic carbocycles. The number of hydrazine groups is 1. The molecule has 0 fully saturated rings. The fourth-order valence-electron chi connectivity index (χ4n) is 1.42. The third-order valence-corrected chi connectivity index (χ3v) is 2.36. The predicted molar refractivity (Wildman–Crippen MR) is 62.2 cm³/mol. The summed E-state index contributed by atoms with van der Waals surface area (Å²) in [4.78, 5) is 0. The zero-order chi connectivity index (χ0) is 11.0. The highest BCUT2D eigenvalue weighted by molar-refractivity contribution is 5.08. The minimum absolute atomic E-state index is 0.963. The van der Waals surface area contributed by atoms with Crippen molar-refractivity contribution in [3.63, 3.8) is 0 Å². The van der Waals surface area contributed by atoms with E-state index in [2.05, 4.69) is 13.8 Å². The topological polar surface area (TPSA) is 55.3 Å². The van der Waals surface area contributed by atoms with Crippen molar-refractivity contribution in [2.45, 2.75) is 52.4 Å². The average molecular weight is 199 g/mol. The second kappa shape index (κ2) is 7.68. The molecule has 84 valence electrons.